The largest absolute Gasteiger partial charge is 0.377 e. The van der Waals surface area contributed by atoms with Gasteiger partial charge in [0.25, 0.3) is 0 Å². The van der Waals surface area contributed by atoms with Crippen molar-refractivity contribution in [3.05, 3.63) is 35.9 Å². The van der Waals surface area contributed by atoms with Gasteiger partial charge in [0, 0.05) is 13.0 Å². The van der Waals surface area contributed by atoms with Gasteiger partial charge in [0.2, 0.25) is 5.24 Å². The van der Waals surface area contributed by atoms with Crippen LogP contribution in [0.2, 0.25) is 0 Å². The fourth-order valence-corrected chi connectivity index (χ4v) is 1.72. The quantitative estimate of drug-likeness (QED) is 0.493. The highest BCUT2D eigenvalue weighted by Gasteiger charge is 1.96. The monoisotopic (exact) mass is 254 g/mol. The van der Waals surface area contributed by atoms with Gasteiger partial charge in [0.1, 0.15) is 0 Å². The van der Waals surface area contributed by atoms with Crippen LogP contribution in [0.1, 0.15) is 37.7 Å². The second kappa shape index (κ2) is 9.20. The summed E-state index contributed by atoms with van der Waals surface area (Å²) in [6, 6.07) is 10.2. The number of carbonyl (C=O) groups is 1. The van der Waals surface area contributed by atoms with Gasteiger partial charge in [-0.05, 0) is 30.0 Å². The van der Waals surface area contributed by atoms with Gasteiger partial charge in [-0.15, -0.1) is 0 Å². The lowest BCUT2D eigenvalue weighted by Gasteiger charge is -2.04. The maximum absolute atomic E-state index is 10.5. The molecular formula is C14H19ClO2. The van der Waals surface area contributed by atoms with Crippen molar-refractivity contribution < 1.29 is 9.53 Å². The number of unbranched alkanes of at least 4 members (excludes halogenated alkanes) is 3. The summed E-state index contributed by atoms with van der Waals surface area (Å²) in [6.07, 6.45) is 4.57. The first-order valence-electron chi connectivity index (χ1n) is 6.09. The molecule has 2 nitrogen and oxygen atoms in total. The van der Waals surface area contributed by atoms with E-state index in [-0.39, 0.29) is 5.24 Å². The Morgan fingerprint density at radius 3 is 2.47 bits per heavy atom. The molecule has 1 rings (SSSR count). The number of carbonyl (C=O) groups excluding carboxylic acids is 1. The third-order valence-electron chi connectivity index (χ3n) is 2.52. The maximum Gasteiger partial charge on any atom is 0.221 e. The van der Waals surface area contributed by atoms with Gasteiger partial charge in [-0.3, -0.25) is 4.79 Å². The van der Waals surface area contributed by atoms with E-state index >= 15 is 0 Å². The van der Waals surface area contributed by atoms with Gasteiger partial charge in [-0.25, -0.2) is 0 Å². The summed E-state index contributed by atoms with van der Waals surface area (Å²) in [7, 11) is 0. The Hall–Kier alpha value is -0.860. The second-order valence-corrected chi connectivity index (χ2v) is 4.48. The molecule has 0 atom stereocenters. The highest BCUT2D eigenvalue weighted by atomic mass is 35.5. The van der Waals surface area contributed by atoms with E-state index in [4.69, 9.17) is 16.3 Å². The summed E-state index contributed by atoms with van der Waals surface area (Å²) in [6.45, 7) is 1.46. The zero-order valence-corrected chi connectivity index (χ0v) is 10.8. The first-order chi connectivity index (χ1) is 8.29. The van der Waals surface area contributed by atoms with E-state index in [1.54, 1.807) is 0 Å². The van der Waals surface area contributed by atoms with Crippen molar-refractivity contribution in [3.8, 4) is 0 Å². The first-order valence-corrected chi connectivity index (χ1v) is 6.47. The Labute approximate surface area is 108 Å². The summed E-state index contributed by atoms with van der Waals surface area (Å²) >= 11 is 5.24. The van der Waals surface area contributed by atoms with Crippen molar-refractivity contribution in [1.29, 1.82) is 0 Å². The lowest BCUT2D eigenvalue weighted by atomic mass is 10.1. The summed E-state index contributed by atoms with van der Waals surface area (Å²) in [5.41, 5.74) is 1.21. The number of hydrogen-bond acceptors (Lipinski definition) is 2. The van der Waals surface area contributed by atoms with E-state index in [1.165, 1.54) is 5.56 Å². The molecule has 0 radical (unpaired) electrons. The standard InChI is InChI=1S/C14H19ClO2/c15-14(16)10-6-1-2-7-11-17-12-13-8-4-3-5-9-13/h3-5,8-9H,1-2,6-7,10-12H2. The molecule has 0 bridgehead atoms. The van der Waals surface area contributed by atoms with Crippen LogP contribution in [-0.4, -0.2) is 11.8 Å². The maximum atomic E-state index is 10.5. The molecule has 1 aromatic rings. The van der Waals surface area contributed by atoms with E-state index in [0.717, 1.165) is 32.3 Å². The number of rotatable bonds is 9. The Morgan fingerprint density at radius 2 is 1.76 bits per heavy atom. The molecular weight excluding hydrogens is 236 g/mol. The topological polar surface area (TPSA) is 26.3 Å². The zero-order chi connectivity index (χ0) is 12.3. The normalized spacial score (nSPS) is 10.4. The van der Waals surface area contributed by atoms with E-state index in [2.05, 4.69) is 12.1 Å². The van der Waals surface area contributed by atoms with Crippen LogP contribution < -0.4 is 0 Å². The molecule has 0 heterocycles. The summed E-state index contributed by atoms with van der Waals surface area (Å²) < 4.78 is 5.55. The number of halogens is 1. The minimum atomic E-state index is -0.231. The average molecular weight is 255 g/mol. The molecule has 0 saturated carbocycles. The van der Waals surface area contributed by atoms with Crippen LogP contribution in [0.3, 0.4) is 0 Å². The smallest absolute Gasteiger partial charge is 0.221 e. The molecule has 1 aromatic carbocycles. The zero-order valence-electron chi connectivity index (χ0n) is 10.0. The third-order valence-corrected chi connectivity index (χ3v) is 2.71. The summed E-state index contributed by atoms with van der Waals surface area (Å²) in [5, 5.41) is -0.231. The van der Waals surface area contributed by atoms with Crippen LogP contribution in [0.4, 0.5) is 0 Å². The Bertz CT molecular complexity index is 311. The molecule has 0 aliphatic rings. The molecule has 0 fully saturated rings. The van der Waals surface area contributed by atoms with Crippen molar-refractivity contribution in [2.45, 2.75) is 38.7 Å². The van der Waals surface area contributed by atoms with E-state index < -0.39 is 0 Å². The molecule has 0 saturated heterocycles. The summed E-state index contributed by atoms with van der Waals surface area (Å²) in [4.78, 5) is 10.5. The van der Waals surface area contributed by atoms with Crippen LogP contribution in [0.15, 0.2) is 30.3 Å². The molecule has 0 amide bonds. The van der Waals surface area contributed by atoms with Crippen molar-refractivity contribution in [3.63, 3.8) is 0 Å². The molecule has 0 aliphatic carbocycles. The van der Waals surface area contributed by atoms with Crippen molar-refractivity contribution >= 4 is 16.8 Å². The Kier molecular flexibility index (Phi) is 7.69. The number of ether oxygens (including phenoxy) is 1. The molecule has 0 aliphatic heterocycles. The van der Waals surface area contributed by atoms with Gasteiger partial charge in [-0.1, -0.05) is 43.2 Å². The van der Waals surface area contributed by atoms with Gasteiger partial charge in [-0.2, -0.15) is 0 Å². The molecule has 17 heavy (non-hydrogen) atoms. The molecule has 3 heteroatoms. The molecule has 94 valence electrons. The number of benzene rings is 1. The first kappa shape index (κ1) is 14.2. The highest BCUT2D eigenvalue weighted by molar-refractivity contribution is 6.63. The molecule has 0 aromatic heterocycles. The van der Waals surface area contributed by atoms with Crippen molar-refractivity contribution in [1.82, 2.24) is 0 Å². The van der Waals surface area contributed by atoms with Crippen LogP contribution in [0.5, 0.6) is 0 Å². The molecule has 0 N–H and O–H groups in total. The van der Waals surface area contributed by atoms with E-state index in [9.17, 15) is 4.79 Å². The van der Waals surface area contributed by atoms with Crippen molar-refractivity contribution in [2.75, 3.05) is 6.61 Å². The third kappa shape index (κ3) is 7.94. The van der Waals surface area contributed by atoms with Gasteiger partial charge in [0.05, 0.1) is 6.61 Å². The second-order valence-electron chi connectivity index (χ2n) is 4.06. The summed E-state index contributed by atoms with van der Waals surface area (Å²) in [5.74, 6) is 0. The van der Waals surface area contributed by atoms with Gasteiger partial charge < -0.3 is 4.74 Å². The van der Waals surface area contributed by atoms with Gasteiger partial charge in [0.15, 0.2) is 0 Å². The predicted molar refractivity (Wildman–Crippen MR) is 70.0 cm³/mol. The Morgan fingerprint density at radius 1 is 1.06 bits per heavy atom. The van der Waals surface area contributed by atoms with Crippen LogP contribution in [0, 0.1) is 0 Å². The van der Waals surface area contributed by atoms with Crippen molar-refractivity contribution in [2.24, 2.45) is 0 Å². The lowest BCUT2D eigenvalue weighted by Crippen LogP contribution is -1.95. The predicted octanol–water partition coefficient (Wildman–Crippen LogP) is 3.92. The molecule has 0 unspecified atom stereocenters. The lowest BCUT2D eigenvalue weighted by molar-refractivity contribution is -0.111. The molecule has 0 spiro atoms. The van der Waals surface area contributed by atoms with Crippen LogP contribution >= 0.6 is 11.6 Å². The fourth-order valence-electron chi connectivity index (χ4n) is 1.59. The van der Waals surface area contributed by atoms with Crippen LogP contribution in [0.25, 0.3) is 0 Å². The van der Waals surface area contributed by atoms with E-state index in [1.807, 2.05) is 18.2 Å². The highest BCUT2D eigenvalue weighted by Crippen LogP contribution is 2.06. The average Bonchev–Trinajstić information content (AvgIpc) is 2.33. The minimum absolute atomic E-state index is 0.231. The SMILES string of the molecule is O=C(Cl)CCCCCCOCc1ccccc1. The van der Waals surface area contributed by atoms with Crippen LogP contribution in [-0.2, 0) is 16.1 Å². The van der Waals surface area contributed by atoms with Gasteiger partial charge >= 0.3 is 0 Å². The number of hydrogen-bond donors (Lipinski definition) is 0. The fraction of sp³-hybridized carbons (Fsp3) is 0.500. The minimum Gasteiger partial charge on any atom is -0.377 e. The Balaban J connectivity index is 1.90. The van der Waals surface area contributed by atoms with E-state index in [0.29, 0.717) is 13.0 Å².